The van der Waals surface area contributed by atoms with Crippen molar-refractivity contribution in [3.05, 3.63) is 16.1 Å². The summed E-state index contributed by atoms with van der Waals surface area (Å²) < 4.78 is 1.17. The lowest BCUT2D eigenvalue weighted by atomic mass is 10.1. The van der Waals surface area contributed by atoms with E-state index in [9.17, 15) is 0 Å². The van der Waals surface area contributed by atoms with Crippen LogP contribution in [-0.2, 0) is 0 Å². The second kappa shape index (κ2) is 6.68. The van der Waals surface area contributed by atoms with Gasteiger partial charge in [-0.25, -0.2) is 9.97 Å². The van der Waals surface area contributed by atoms with Crippen LogP contribution in [0.2, 0.25) is 0 Å². The minimum absolute atomic E-state index is 0.687. The van der Waals surface area contributed by atoms with Crippen molar-refractivity contribution in [2.75, 3.05) is 11.4 Å². The monoisotopic (exact) mass is 359 g/mol. The summed E-state index contributed by atoms with van der Waals surface area (Å²) in [6, 6.07) is 0.687. The van der Waals surface area contributed by atoms with Gasteiger partial charge in [0.1, 0.15) is 12.1 Å². The maximum Gasteiger partial charge on any atom is 0.145 e. The first-order valence-electron chi connectivity index (χ1n) is 6.90. The fraction of sp³-hybridized carbons (Fsp3) is 0.714. The van der Waals surface area contributed by atoms with Crippen molar-refractivity contribution in [3.63, 3.8) is 0 Å². The highest BCUT2D eigenvalue weighted by Gasteiger charge is 2.25. The fourth-order valence-corrected chi connectivity index (χ4v) is 3.20. The van der Waals surface area contributed by atoms with Crippen LogP contribution < -0.4 is 4.90 Å². The molecule has 1 saturated carbocycles. The average Bonchev–Trinajstić information content (AvgIpc) is 2.85. The smallest absolute Gasteiger partial charge is 0.145 e. The van der Waals surface area contributed by atoms with Crippen molar-refractivity contribution < 1.29 is 0 Å². The van der Waals surface area contributed by atoms with Gasteiger partial charge in [-0.3, -0.25) is 0 Å². The third-order valence-electron chi connectivity index (χ3n) is 3.63. The zero-order valence-electron chi connectivity index (χ0n) is 11.3. The van der Waals surface area contributed by atoms with Crippen LogP contribution in [0.1, 0.15) is 46.0 Å². The van der Waals surface area contributed by atoms with E-state index in [0.717, 1.165) is 18.3 Å². The predicted octanol–water partition coefficient (Wildman–Crippen LogP) is 3.88. The van der Waals surface area contributed by atoms with Crippen LogP contribution in [-0.4, -0.2) is 22.6 Å². The average molecular weight is 359 g/mol. The Bertz CT molecular complexity index is 375. The Morgan fingerprint density at radius 3 is 2.72 bits per heavy atom. The van der Waals surface area contributed by atoms with Gasteiger partial charge in [0.2, 0.25) is 0 Å². The van der Waals surface area contributed by atoms with E-state index in [2.05, 4.69) is 51.3 Å². The Kier molecular flexibility index (Phi) is 5.21. The highest BCUT2D eigenvalue weighted by atomic mass is 127. The number of hydrogen-bond donors (Lipinski definition) is 0. The molecule has 4 heteroatoms. The number of nitrogens with zero attached hydrogens (tertiary/aromatic N) is 3. The molecule has 0 unspecified atom stereocenters. The van der Waals surface area contributed by atoms with Crippen molar-refractivity contribution >= 4 is 28.4 Å². The molecule has 0 radical (unpaired) electrons. The molecule has 100 valence electrons. The molecular formula is C14H22IN3. The van der Waals surface area contributed by atoms with Crippen LogP contribution in [0.3, 0.4) is 0 Å². The third-order valence-corrected chi connectivity index (χ3v) is 4.39. The van der Waals surface area contributed by atoms with Gasteiger partial charge in [0.05, 0.1) is 3.57 Å². The van der Waals surface area contributed by atoms with Crippen molar-refractivity contribution in [2.24, 2.45) is 5.92 Å². The molecular weight excluding hydrogens is 337 g/mol. The highest BCUT2D eigenvalue weighted by Crippen LogP contribution is 2.29. The van der Waals surface area contributed by atoms with Gasteiger partial charge in [0.25, 0.3) is 0 Å². The molecule has 0 aromatic carbocycles. The molecule has 0 saturated heterocycles. The predicted molar refractivity (Wildman–Crippen MR) is 83.8 cm³/mol. The summed E-state index contributed by atoms with van der Waals surface area (Å²) >= 11 is 2.35. The lowest BCUT2D eigenvalue weighted by Crippen LogP contribution is -2.36. The minimum Gasteiger partial charge on any atom is -0.353 e. The van der Waals surface area contributed by atoms with Crippen LogP contribution in [0.4, 0.5) is 5.82 Å². The molecule has 0 aliphatic heterocycles. The second-order valence-electron chi connectivity index (χ2n) is 5.51. The number of rotatable bonds is 5. The van der Waals surface area contributed by atoms with E-state index in [1.807, 2.05) is 6.20 Å². The van der Waals surface area contributed by atoms with Crippen molar-refractivity contribution in [3.8, 4) is 0 Å². The van der Waals surface area contributed by atoms with Gasteiger partial charge in [0.15, 0.2) is 0 Å². The Labute approximate surface area is 124 Å². The molecule has 0 N–H and O–H groups in total. The third kappa shape index (κ3) is 3.56. The zero-order chi connectivity index (χ0) is 13.0. The van der Waals surface area contributed by atoms with Gasteiger partial charge in [-0.15, -0.1) is 0 Å². The van der Waals surface area contributed by atoms with Gasteiger partial charge in [-0.05, 0) is 47.8 Å². The maximum atomic E-state index is 4.51. The summed E-state index contributed by atoms with van der Waals surface area (Å²) in [7, 11) is 0. The Morgan fingerprint density at radius 2 is 2.11 bits per heavy atom. The first-order chi connectivity index (χ1) is 8.68. The van der Waals surface area contributed by atoms with Crippen LogP contribution in [0.5, 0.6) is 0 Å². The van der Waals surface area contributed by atoms with Crippen molar-refractivity contribution in [1.82, 2.24) is 9.97 Å². The van der Waals surface area contributed by atoms with E-state index in [1.165, 1.54) is 35.7 Å². The normalized spacial score (nSPS) is 16.4. The molecule has 2 rings (SSSR count). The van der Waals surface area contributed by atoms with Crippen LogP contribution in [0, 0.1) is 9.49 Å². The van der Waals surface area contributed by atoms with E-state index in [0.29, 0.717) is 6.04 Å². The molecule has 1 heterocycles. The molecule has 1 aliphatic rings. The van der Waals surface area contributed by atoms with E-state index < -0.39 is 0 Å². The minimum atomic E-state index is 0.687. The van der Waals surface area contributed by atoms with Gasteiger partial charge >= 0.3 is 0 Å². The molecule has 18 heavy (non-hydrogen) atoms. The van der Waals surface area contributed by atoms with Crippen LogP contribution in [0.15, 0.2) is 12.5 Å². The quantitative estimate of drug-likeness (QED) is 0.748. The number of hydrogen-bond acceptors (Lipinski definition) is 3. The molecule has 1 fully saturated rings. The topological polar surface area (TPSA) is 29.0 Å². The van der Waals surface area contributed by atoms with E-state index in [4.69, 9.17) is 0 Å². The van der Waals surface area contributed by atoms with E-state index in [1.54, 1.807) is 6.33 Å². The fourth-order valence-electron chi connectivity index (χ4n) is 2.59. The number of halogens is 1. The van der Waals surface area contributed by atoms with Gasteiger partial charge < -0.3 is 4.90 Å². The molecule has 0 spiro atoms. The largest absolute Gasteiger partial charge is 0.353 e. The van der Waals surface area contributed by atoms with Gasteiger partial charge in [-0.1, -0.05) is 26.7 Å². The van der Waals surface area contributed by atoms with Crippen molar-refractivity contribution in [2.45, 2.75) is 52.0 Å². The summed E-state index contributed by atoms with van der Waals surface area (Å²) in [6.45, 7) is 5.70. The van der Waals surface area contributed by atoms with E-state index >= 15 is 0 Å². The highest BCUT2D eigenvalue weighted by molar-refractivity contribution is 14.1. The van der Waals surface area contributed by atoms with Gasteiger partial charge in [0, 0.05) is 18.8 Å². The zero-order valence-corrected chi connectivity index (χ0v) is 13.4. The summed E-state index contributed by atoms with van der Waals surface area (Å²) in [5.41, 5.74) is 0. The molecule has 0 bridgehead atoms. The SMILES string of the molecule is CC(C)CCN(c1ncncc1I)C1CCCC1. The first kappa shape index (κ1) is 14.0. The first-order valence-corrected chi connectivity index (χ1v) is 7.98. The van der Waals surface area contributed by atoms with Gasteiger partial charge in [-0.2, -0.15) is 0 Å². The molecule has 0 atom stereocenters. The van der Waals surface area contributed by atoms with E-state index in [-0.39, 0.29) is 0 Å². The van der Waals surface area contributed by atoms with Crippen molar-refractivity contribution in [1.29, 1.82) is 0 Å². The number of anilines is 1. The number of aromatic nitrogens is 2. The molecule has 1 aliphatic carbocycles. The Morgan fingerprint density at radius 1 is 1.39 bits per heavy atom. The maximum absolute atomic E-state index is 4.51. The molecule has 1 aromatic rings. The second-order valence-corrected chi connectivity index (χ2v) is 6.67. The lowest BCUT2D eigenvalue weighted by molar-refractivity contribution is 0.524. The Hall–Kier alpha value is -0.390. The summed E-state index contributed by atoms with van der Waals surface area (Å²) in [5.74, 6) is 1.88. The summed E-state index contributed by atoms with van der Waals surface area (Å²) in [6.07, 6.45) is 10.2. The Balaban J connectivity index is 2.15. The summed E-state index contributed by atoms with van der Waals surface area (Å²) in [4.78, 5) is 11.1. The van der Waals surface area contributed by atoms with Crippen LogP contribution >= 0.6 is 22.6 Å². The lowest BCUT2D eigenvalue weighted by Gasteiger charge is -2.31. The standard InChI is InChI=1S/C14H22IN3/c1-11(2)7-8-18(12-5-3-4-6-12)14-13(15)9-16-10-17-14/h9-12H,3-8H2,1-2H3. The summed E-state index contributed by atoms with van der Waals surface area (Å²) in [5, 5.41) is 0. The molecule has 1 aromatic heterocycles. The molecule has 0 amide bonds. The molecule has 3 nitrogen and oxygen atoms in total. The van der Waals surface area contributed by atoms with Crippen LogP contribution in [0.25, 0.3) is 0 Å².